The van der Waals surface area contributed by atoms with Gasteiger partial charge in [-0.25, -0.2) is 8.42 Å². The highest BCUT2D eigenvalue weighted by Gasteiger charge is 2.35. The SMILES string of the molecule is CCS(=O)(=O)c1ccccc1NC(=O)C1(C)CCNCC1. The standard InChI is InChI=1S/C15H22N2O3S/c1-3-21(19,20)13-7-5-4-6-12(13)17-14(18)15(2)8-10-16-11-9-15/h4-7,16H,3,8-11H2,1-2H3,(H,17,18). The summed E-state index contributed by atoms with van der Waals surface area (Å²) in [6.07, 6.45) is 1.50. The summed E-state index contributed by atoms with van der Waals surface area (Å²) in [5.74, 6) is -0.0936. The molecule has 1 aliphatic rings. The topological polar surface area (TPSA) is 75.3 Å². The first-order valence-electron chi connectivity index (χ1n) is 7.23. The molecule has 1 aromatic rings. The summed E-state index contributed by atoms with van der Waals surface area (Å²) in [6, 6.07) is 6.59. The van der Waals surface area contributed by atoms with Gasteiger partial charge in [0, 0.05) is 5.41 Å². The zero-order chi connectivity index (χ0) is 15.5. The number of amides is 1. The van der Waals surface area contributed by atoms with Crippen LogP contribution >= 0.6 is 0 Å². The molecule has 1 aliphatic heterocycles. The molecule has 116 valence electrons. The lowest BCUT2D eigenvalue weighted by atomic mass is 9.80. The molecule has 0 saturated carbocycles. The van der Waals surface area contributed by atoms with Gasteiger partial charge >= 0.3 is 0 Å². The molecule has 5 nitrogen and oxygen atoms in total. The van der Waals surface area contributed by atoms with Gasteiger partial charge in [0.15, 0.2) is 9.84 Å². The number of sulfone groups is 1. The Bertz CT molecular complexity index is 620. The van der Waals surface area contributed by atoms with Crippen LogP contribution in [-0.2, 0) is 14.6 Å². The number of para-hydroxylation sites is 1. The Labute approximate surface area is 126 Å². The summed E-state index contributed by atoms with van der Waals surface area (Å²) in [5.41, 5.74) is -0.0713. The smallest absolute Gasteiger partial charge is 0.230 e. The van der Waals surface area contributed by atoms with E-state index in [2.05, 4.69) is 10.6 Å². The van der Waals surface area contributed by atoms with Gasteiger partial charge < -0.3 is 10.6 Å². The third-order valence-electron chi connectivity index (χ3n) is 4.11. The fourth-order valence-electron chi connectivity index (χ4n) is 2.48. The second-order valence-corrected chi connectivity index (χ2v) is 7.91. The lowest BCUT2D eigenvalue weighted by molar-refractivity contribution is -0.126. The van der Waals surface area contributed by atoms with Crippen molar-refractivity contribution < 1.29 is 13.2 Å². The van der Waals surface area contributed by atoms with Crippen molar-refractivity contribution in [3.05, 3.63) is 24.3 Å². The summed E-state index contributed by atoms with van der Waals surface area (Å²) in [5, 5.41) is 6.04. The zero-order valence-electron chi connectivity index (χ0n) is 12.5. The number of benzene rings is 1. The maximum Gasteiger partial charge on any atom is 0.230 e. The third-order valence-corrected chi connectivity index (χ3v) is 5.89. The van der Waals surface area contributed by atoms with Gasteiger partial charge in [-0.05, 0) is 38.1 Å². The van der Waals surface area contributed by atoms with Gasteiger partial charge in [0.1, 0.15) is 0 Å². The Morgan fingerprint density at radius 3 is 2.52 bits per heavy atom. The minimum absolute atomic E-state index is 0.0150. The second-order valence-electron chi connectivity index (χ2n) is 5.66. The molecule has 1 amide bonds. The highest BCUT2D eigenvalue weighted by Crippen LogP contribution is 2.31. The first kappa shape index (κ1) is 16.0. The summed E-state index contributed by atoms with van der Waals surface area (Å²) in [4.78, 5) is 12.7. The number of carbonyl (C=O) groups excluding carboxylic acids is 1. The fraction of sp³-hybridized carbons (Fsp3) is 0.533. The van der Waals surface area contributed by atoms with Gasteiger partial charge in [0.25, 0.3) is 0 Å². The van der Waals surface area contributed by atoms with Crippen LogP contribution in [0.1, 0.15) is 26.7 Å². The van der Waals surface area contributed by atoms with Crippen molar-refractivity contribution in [1.29, 1.82) is 0 Å². The summed E-state index contributed by atoms with van der Waals surface area (Å²) in [7, 11) is -3.35. The van der Waals surface area contributed by atoms with E-state index in [1.807, 2.05) is 6.92 Å². The van der Waals surface area contributed by atoms with Crippen molar-refractivity contribution in [1.82, 2.24) is 5.32 Å². The molecule has 0 aromatic heterocycles. The van der Waals surface area contributed by atoms with Crippen molar-refractivity contribution in [3.63, 3.8) is 0 Å². The molecule has 2 rings (SSSR count). The Morgan fingerprint density at radius 2 is 1.90 bits per heavy atom. The molecule has 0 aliphatic carbocycles. The van der Waals surface area contributed by atoms with E-state index >= 15 is 0 Å². The van der Waals surface area contributed by atoms with Crippen LogP contribution in [0, 0.1) is 5.41 Å². The summed E-state index contributed by atoms with van der Waals surface area (Å²) < 4.78 is 24.2. The van der Waals surface area contributed by atoms with Crippen molar-refractivity contribution in [2.75, 3.05) is 24.2 Å². The number of hydrogen-bond donors (Lipinski definition) is 2. The molecule has 6 heteroatoms. The maximum absolute atomic E-state index is 12.5. The first-order valence-corrected chi connectivity index (χ1v) is 8.88. The molecule has 0 atom stereocenters. The Kier molecular flexibility index (Phi) is 4.68. The molecule has 1 saturated heterocycles. The third kappa shape index (κ3) is 3.44. The highest BCUT2D eigenvalue weighted by molar-refractivity contribution is 7.91. The van der Waals surface area contributed by atoms with Crippen molar-refractivity contribution in [2.24, 2.45) is 5.41 Å². The quantitative estimate of drug-likeness (QED) is 0.889. The Morgan fingerprint density at radius 1 is 1.29 bits per heavy atom. The highest BCUT2D eigenvalue weighted by atomic mass is 32.2. The van der Waals surface area contributed by atoms with Gasteiger partial charge in [0.05, 0.1) is 16.3 Å². The van der Waals surface area contributed by atoms with E-state index in [1.54, 1.807) is 31.2 Å². The number of piperidine rings is 1. The Balaban J connectivity index is 2.26. The van der Waals surface area contributed by atoms with Crippen molar-refractivity contribution in [3.8, 4) is 0 Å². The van der Waals surface area contributed by atoms with Crippen LogP contribution in [0.3, 0.4) is 0 Å². The largest absolute Gasteiger partial charge is 0.324 e. The molecule has 1 fully saturated rings. The molecule has 1 heterocycles. The van der Waals surface area contributed by atoms with Crippen molar-refractivity contribution in [2.45, 2.75) is 31.6 Å². The molecular weight excluding hydrogens is 288 g/mol. The second kappa shape index (κ2) is 6.15. The number of nitrogens with one attached hydrogen (secondary N) is 2. The first-order chi connectivity index (χ1) is 9.89. The van der Waals surface area contributed by atoms with E-state index in [9.17, 15) is 13.2 Å². The molecule has 0 unspecified atom stereocenters. The zero-order valence-corrected chi connectivity index (χ0v) is 13.3. The monoisotopic (exact) mass is 310 g/mol. The number of rotatable bonds is 4. The van der Waals surface area contributed by atoms with Crippen LogP contribution in [0.2, 0.25) is 0 Å². The molecule has 0 bridgehead atoms. The van der Waals surface area contributed by atoms with E-state index in [0.29, 0.717) is 5.69 Å². The van der Waals surface area contributed by atoms with E-state index in [4.69, 9.17) is 0 Å². The Hall–Kier alpha value is -1.40. The van der Waals surface area contributed by atoms with E-state index in [0.717, 1.165) is 25.9 Å². The van der Waals surface area contributed by atoms with Gasteiger partial charge in [-0.15, -0.1) is 0 Å². The number of anilines is 1. The molecule has 0 radical (unpaired) electrons. The van der Waals surface area contributed by atoms with Crippen LogP contribution in [0.25, 0.3) is 0 Å². The van der Waals surface area contributed by atoms with Crippen LogP contribution in [0.5, 0.6) is 0 Å². The lowest BCUT2D eigenvalue weighted by Crippen LogP contribution is -2.43. The molecule has 1 aromatic carbocycles. The molecule has 21 heavy (non-hydrogen) atoms. The lowest BCUT2D eigenvalue weighted by Gasteiger charge is -2.32. The van der Waals surface area contributed by atoms with Crippen LogP contribution < -0.4 is 10.6 Å². The average Bonchev–Trinajstić information content (AvgIpc) is 2.48. The number of hydrogen-bond acceptors (Lipinski definition) is 4. The molecular formula is C15H22N2O3S. The van der Waals surface area contributed by atoms with Gasteiger partial charge in [-0.1, -0.05) is 26.0 Å². The van der Waals surface area contributed by atoms with Gasteiger partial charge in [-0.2, -0.15) is 0 Å². The van der Waals surface area contributed by atoms with E-state index in [1.165, 1.54) is 0 Å². The van der Waals surface area contributed by atoms with E-state index in [-0.39, 0.29) is 16.6 Å². The van der Waals surface area contributed by atoms with Gasteiger partial charge in [0.2, 0.25) is 5.91 Å². The summed E-state index contributed by atoms with van der Waals surface area (Å²) >= 11 is 0. The number of carbonyl (C=O) groups is 1. The summed E-state index contributed by atoms with van der Waals surface area (Å²) in [6.45, 7) is 5.14. The minimum Gasteiger partial charge on any atom is -0.324 e. The van der Waals surface area contributed by atoms with Crippen LogP contribution in [0.4, 0.5) is 5.69 Å². The normalized spacial score (nSPS) is 18.2. The maximum atomic E-state index is 12.5. The van der Waals surface area contributed by atoms with Gasteiger partial charge in [-0.3, -0.25) is 4.79 Å². The molecule has 0 spiro atoms. The van der Waals surface area contributed by atoms with Crippen molar-refractivity contribution >= 4 is 21.4 Å². The molecule has 2 N–H and O–H groups in total. The van der Waals surface area contributed by atoms with Crippen LogP contribution in [-0.4, -0.2) is 33.2 Å². The fourth-order valence-corrected chi connectivity index (χ4v) is 3.53. The van der Waals surface area contributed by atoms with E-state index < -0.39 is 15.3 Å². The average molecular weight is 310 g/mol. The predicted molar refractivity (Wildman–Crippen MR) is 83.0 cm³/mol. The minimum atomic E-state index is -3.35. The van der Waals surface area contributed by atoms with Crippen LogP contribution in [0.15, 0.2) is 29.2 Å². The predicted octanol–water partition coefficient (Wildman–Crippen LogP) is 1.81.